The Labute approximate surface area is 176 Å². The van der Waals surface area contributed by atoms with Gasteiger partial charge in [0.05, 0.1) is 16.5 Å². The van der Waals surface area contributed by atoms with Crippen molar-refractivity contribution in [2.45, 2.75) is 19.9 Å². The van der Waals surface area contributed by atoms with Gasteiger partial charge in [0, 0.05) is 23.8 Å². The van der Waals surface area contributed by atoms with Crippen LogP contribution in [0, 0.1) is 24.0 Å². The molecule has 9 heteroatoms. The van der Waals surface area contributed by atoms with E-state index >= 15 is 0 Å². The molecule has 0 aliphatic carbocycles. The molecule has 9 nitrogen and oxygen atoms in total. The molecule has 1 fully saturated rings. The van der Waals surface area contributed by atoms with Gasteiger partial charge >= 0.3 is 5.91 Å². The molecule has 1 atom stereocenters. The van der Waals surface area contributed by atoms with E-state index in [1.807, 2.05) is 6.92 Å². The highest BCUT2D eigenvalue weighted by Gasteiger charge is 2.48. The maximum absolute atomic E-state index is 13.0. The van der Waals surface area contributed by atoms with Crippen molar-refractivity contribution in [1.29, 1.82) is 0 Å². The van der Waals surface area contributed by atoms with Crippen molar-refractivity contribution in [2.24, 2.45) is 0 Å². The van der Waals surface area contributed by atoms with Crippen LogP contribution in [0.3, 0.4) is 0 Å². The molecule has 156 valence electrons. The lowest BCUT2D eigenvalue weighted by molar-refractivity contribution is -0.384. The number of hydrogen-bond donors (Lipinski definition) is 1. The lowest BCUT2D eigenvalue weighted by atomic mass is 9.94. The Morgan fingerprint density at radius 2 is 1.84 bits per heavy atom. The Balaban J connectivity index is 1.96. The molecule has 1 aliphatic rings. The number of nitro benzene ring substituents is 1. The maximum atomic E-state index is 13.0. The third-order valence-corrected chi connectivity index (χ3v) is 5.03. The van der Waals surface area contributed by atoms with Crippen molar-refractivity contribution in [3.63, 3.8) is 0 Å². The number of benzene rings is 2. The van der Waals surface area contributed by atoms with Crippen LogP contribution in [0.2, 0.25) is 0 Å². The zero-order chi connectivity index (χ0) is 22.3. The fraction of sp³-hybridized carbons (Fsp3) is 0.136. The Morgan fingerprint density at radius 1 is 1.13 bits per heavy atom. The number of carbonyl (C=O) groups excluding carboxylic acids is 2. The first kappa shape index (κ1) is 20.0. The first-order valence-corrected chi connectivity index (χ1v) is 9.33. The number of ketones is 1. The first-order valence-electron chi connectivity index (χ1n) is 9.33. The van der Waals surface area contributed by atoms with Crippen molar-refractivity contribution >= 4 is 29.0 Å². The van der Waals surface area contributed by atoms with Gasteiger partial charge in [-0.2, -0.15) is 0 Å². The smallest absolute Gasteiger partial charge is 0.301 e. The number of Topliss-reactive ketones (excluding diaryl/α,β-unsaturated/α-hetero) is 1. The van der Waals surface area contributed by atoms with Crippen LogP contribution < -0.4 is 4.90 Å². The number of rotatable bonds is 4. The molecule has 1 aliphatic heterocycles. The number of anilines is 1. The second-order valence-electron chi connectivity index (χ2n) is 7.18. The summed E-state index contributed by atoms with van der Waals surface area (Å²) in [5.74, 6) is -1.74. The van der Waals surface area contributed by atoms with Crippen LogP contribution in [0.15, 0.2) is 64.7 Å². The van der Waals surface area contributed by atoms with Crippen LogP contribution in [0.1, 0.15) is 28.5 Å². The molecule has 3 aromatic rings. The van der Waals surface area contributed by atoms with E-state index in [2.05, 4.69) is 5.16 Å². The van der Waals surface area contributed by atoms with Crippen LogP contribution in [0.4, 0.5) is 11.5 Å². The van der Waals surface area contributed by atoms with Gasteiger partial charge in [0.25, 0.3) is 11.5 Å². The summed E-state index contributed by atoms with van der Waals surface area (Å²) in [6.45, 7) is 3.50. The van der Waals surface area contributed by atoms with E-state index in [1.54, 1.807) is 37.3 Å². The number of non-ortho nitro benzene ring substituents is 1. The molecular formula is C22H17N3O6. The van der Waals surface area contributed by atoms with Crippen LogP contribution in [-0.4, -0.2) is 26.9 Å². The summed E-state index contributed by atoms with van der Waals surface area (Å²) < 4.78 is 5.06. The maximum Gasteiger partial charge on any atom is 0.301 e. The highest BCUT2D eigenvalue weighted by molar-refractivity contribution is 6.51. The van der Waals surface area contributed by atoms with E-state index < -0.39 is 22.7 Å². The molecule has 0 saturated carbocycles. The Morgan fingerprint density at radius 3 is 2.45 bits per heavy atom. The molecule has 0 bridgehead atoms. The van der Waals surface area contributed by atoms with Gasteiger partial charge in [-0.1, -0.05) is 47.1 Å². The molecule has 0 spiro atoms. The number of nitrogens with zero attached hydrogens (tertiary/aromatic N) is 3. The summed E-state index contributed by atoms with van der Waals surface area (Å²) in [6.07, 6.45) is 0. The van der Waals surface area contributed by atoms with Crippen molar-refractivity contribution in [2.75, 3.05) is 4.90 Å². The number of aromatic nitrogens is 1. The second kappa shape index (κ2) is 7.52. The highest BCUT2D eigenvalue weighted by Crippen LogP contribution is 2.42. The fourth-order valence-electron chi connectivity index (χ4n) is 3.53. The second-order valence-corrected chi connectivity index (χ2v) is 7.18. The van der Waals surface area contributed by atoms with Crippen LogP contribution >= 0.6 is 0 Å². The summed E-state index contributed by atoms with van der Waals surface area (Å²) in [4.78, 5) is 37.7. The monoisotopic (exact) mass is 419 g/mol. The predicted molar refractivity (Wildman–Crippen MR) is 110 cm³/mol. The number of carbonyl (C=O) groups is 2. The summed E-state index contributed by atoms with van der Waals surface area (Å²) in [5, 5.41) is 26.1. The third kappa shape index (κ3) is 3.46. The average Bonchev–Trinajstić information content (AvgIpc) is 3.29. The topological polar surface area (TPSA) is 127 Å². The van der Waals surface area contributed by atoms with Crippen LogP contribution in [0.25, 0.3) is 5.76 Å². The zero-order valence-corrected chi connectivity index (χ0v) is 16.6. The molecule has 2 heterocycles. The highest BCUT2D eigenvalue weighted by atomic mass is 16.6. The number of nitro groups is 1. The van der Waals surface area contributed by atoms with Gasteiger partial charge in [0.2, 0.25) is 0 Å². The van der Waals surface area contributed by atoms with E-state index in [-0.39, 0.29) is 28.4 Å². The summed E-state index contributed by atoms with van der Waals surface area (Å²) in [6, 6.07) is 12.7. The molecule has 31 heavy (non-hydrogen) atoms. The summed E-state index contributed by atoms with van der Waals surface area (Å²) in [5.41, 5.74) is 1.17. The summed E-state index contributed by atoms with van der Waals surface area (Å²) in [7, 11) is 0. The van der Waals surface area contributed by atoms with Gasteiger partial charge in [0.15, 0.2) is 5.82 Å². The SMILES string of the molecule is Cc1ccc(/C(O)=C2\C(=O)C(=O)N(c3cc(C)on3)[C@@H]2c2cccc([N+](=O)[O-])c2)cc1. The molecule has 4 rings (SSSR count). The standard InChI is InChI=1S/C22H17N3O6/c1-12-6-8-14(9-7-12)20(26)18-19(15-4-3-5-16(11-15)25(29)30)24(22(28)21(18)27)17-10-13(2)31-23-17/h3-11,19,26H,1-2H3/b20-18+/t19-/m1/s1. The van der Waals surface area contributed by atoms with E-state index in [1.165, 1.54) is 24.3 Å². The summed E-state index contributed by atoms with van der Waals surface area (Å²) >= 11 is 0. The number of aliphatic hydroxyl groups excluding tert-OH is 1. The van der Waals surface area contributed by atoms with Gasteiger partial charge in [-0.3, -0.25) is 24.6 Å². The van der Waals surface area contributed by atoms with E-state index in [9.17, 15) is 24.8 Å². The predicted octanol–water partition coefficient (Wildman–Crippen LogP) is 3.83. The Kier molecular flexibility index (Phi) is 4.86. The average molecular weight is 419 g/mol. The van der Waals surface area contributed by atoms with Gasteiger partial charge in [-0.25, -0.2) is 0 Å². The molecule has 1 saturated heterocycles. The van der Waals surface area contributed by atoms with Crippen molar-refractivity contribution in [1.82, 2.24) is 5.16 Å². The molecule has 0 unspecified atom stereocenters. The lowest BCUT2D eigenvalue weighted by Crippen LogP contribution is -2.29. The number of aliphatic hydroxyl groups is 1. The van der Waals surface area contributed by atoms with Crippen LogP contribution in [-0.2, 0) is 9.59 Å². The minimum atomic E-state index is -1.12. The third-order valence-electron chi connectivity index (χ3n) is 5.03. The minimum absolute atomic E-state index is 0.0686. The fourth-order valence-corrected chi connectivity index (χ4v) is 3.53. The minimum Gasteiger partial charge on any atom is -0.507 e. The molecule has 1 amide bonds. The lowest BCUT2D eigenvalue weighted by Gasteiger charge is -2.22. The molecule has 0 radical (unpaired) electrons. The van der Waals surface area contributed by atoms with Gasteiger partial charge in [0.1, 0.15) is 11.5 Å². The molecule has 1 N–H and O–H groups in total. The molecule has 1 aromatic heterocycles. The Bertz CT molecular complexity index is 1240. The van der Waals surface area contributed by atoms with Gasteiger partial charge < -0.3 is 9.63 Å². The quantitative estimate of drug-likeness (QED) is 0.224. The molecular weight excluding hydrogens is 402 g/mol. The molecule has 2 aromatic carbocycles. The van der Waals surface area contributed by atoms with Crippen molar-refractivity contribution in [3.8, 4) is 0 Å². The van der Waals surface area contributed by atoms with E-state index in [4.69, 9.17) is 4.52 Å². The number of aryl methyl sites for hydroxylation is 2. The van der Waals surface area contributed by atoms with Crippen LogP contribution in [0.5, 0.6) is 0 Å². The number of amides is 1. The van der Waals surface area contributed by atoms with E-state index in [0.717, 1.165) is 10.5 Å². The normalized spacial score (nSPS) is 17.9. The van der Waals surface area contributed by atoms with E-state index in [0.29, 0.717) is 11.3 Å². The van der Waals surface area contributed by atoms with Crippen molar-refractivity contribution in [3.05, 3.63) is 92.7 Å². The number of hydrogen-bond acceptors (Lipinski definition) is 7. The largest absolute Gasteiger partial charge is 0.507 e. The first-order chi connectivity index (χ1) is 14.8. The van der Waals surface area contributed by atoms with Gasteiger partial charge in [-0.05, 0) is 19.4 Å². The van der Waals surface area contributed by atoms with Crippen molar-refractivity contribution < 1.29 is 24.1 Å². The zero-order valence-electron chi connectivity index (χ0n) is 16.6. The van der Waals surface area contributed by atoms with Gasteiger partial charge in [-0.15, -0.1) is 0 Å². The Hall–Kier alpha value is -4.27.